The van der Waals surface area contributed by atoms with E-state index in [0.717, 1.165) is 6.07 Å². The fourth-order valence-corrected chi connectivity index (χ4v) is 1.59. The topological polar surface area (TPSA) is 137 Å². The molecule has 1 N–H and O–H groups in total. The quantitative estimate of drug-likeness (QED) is 0.569. The molecule has 1 amide bonds. The van der Waals surface area contributed by atoms with Gasteiger partial charge in [-0.05, 0) is 18.2 Å². The molecule has 0 bridgehead atoms. The number of hydrogen-bond acceptors (Lipinski definition) is 8. The summed E-state index contributed by atoms with van der Waals surface area (Å²) in [6, 6.07) is 5.42. The number of nitro groups is 1. The zero-order valence-corrected chi connectivity index (χ0v) is 10.8. The first-order chi connectivity index (χ1) is 10.6. The van der Waals surface area contributed by atoms with E-state index in [9.17, 15) is 14.9 Å². The highest BCUT2D eigenvalue weighted by Crippen LogP contribution is 2.20. The smallest absolute Gasteiger partial charge is 0.403 e. The lowest BCUT2D eigenvalue weighted by Crippen LogP contribution is -2.11. The van der Waals surface area contributed by atoms with Gasteiger partial charge in [0.15, 0.2) is 5.76 Å². The highest BCUT2D eigenvalue weighted by atomic mass is 16.6. The summed E-state index contributed by atoms with van der Waals surface area (Å²) in [5.74, 6) is -1.32. The Bertz CT molecular complexity index is 825. The molecule has 0 atom stereocenters. The van der Waals surface area contributed by atoms with Gasteiger partial charge in [0, 0.05) is 18.0 Å². The second-order valence-electron chi connectivity index (χ2n) is 4.00. The SMILES string of the molecule is O=C(Nc1nnc(-c2ccncc2)o1)c1ccc([N+](=O)[O-])o1. The van der Waals surface area contributed by atoms with Gasteiger partial charge in [-0.1, -0.05) is 5.10 Å². The predicted octanol–water partition coefficient (Wildman–Crippen LogP) is 1.89. The molecule has 110 valence electrons. The van der Waals surface area contributed by atoms with E-state index in [1.807, 2.05) is 0 Å². The summed E-state index contributed by atoms with van der Waals surface area (Å²) in [6.45, 7) is 0. The van der Waals surface area contributed by atoms with Crippen LogP contribution in [0.3, 0.4) is 0 Å². The molecular weight excluding hydrogens is 294 g/mol. The van der Waals surface area contributed by atoms with E-state index < -0.39 is 16.7 Å². The summed E-state index contributed by atoms with van der Waals surface area (Å²) in [6.07, 6.45) is 3.11. The van der Waals surface area contributed by atoms with Crippen molar-refractivity contribution in [2.24, 2.45) is 0 Å². The third-order valence-corrected chi connectivity index (χ3v) is 2.57. The van der Waals surface area contributed by atoms with Crippen LogP contribution in [0.5, 0.6) is 0 Å². The van der Waals surface area contributed by atoms with Crippen molar-refractivity contribution >= 4 is 17.8 Å². The Morgan fingerprint density at radius 1 is 1.14 bits per heavy atom. The van der Waals surface area contributed by atoms with Crippen molar-refractivity contribution in [2.75, 3.05) is 5.32 Å². The molecular formula is C12H7N5O5. The summed E-state index contributed by atoms with van der Waals surface area (Å²) in [5.41, 5.74) is 0.636. The van der Waals surface area contributed by atoms with Gasteiger partial charge in [0.05, 0.1) is 6.07 Å². The molecule has 0 saturated carbocycles. The van der Waals surface area contributed by atoms with Gasteiger partial charge in [-0.2, -0.15) is 0 Å². The highest BCUT2D eigenvalue weighted by molar-refractivity contribution is 6.01. The molecule has 0 radical (unpaired) electrons. The Hall–Kier alpha value is -3.56. The Morgan fingerprint density at radius 3 is 2.59 bits per heavy atom. The monoisotopic (exact) mass is 301 g/mol. The molecule has 3 aromatic heterocycles. The van der Waals surface area contributed by atoms with Gasteiger partial charge in [-0.15, -0.1) is 5.10 Å². The minimum Gasteiger partial charge on any atom is -0.403 e. The molecule has 10 heteroatoms. The zero-order chi connectivity index (χ0) is 15.5. The van der Waals surface area contributed by atoms with Crippen LogP contribution in [-0.4, -0.2) is 26.0 Å². The van der Waals surface area contributed by atoms with E-state index >= 15 is 0 Å². The number of carbonyl (C=O) groups is 1. The van der Waals surface area contributed by atoms with Crippen molar-refractivity contribution in [3.63, 3.8) is 0 Å². The van der Waals surface area contributed by atoms with Gasteiger partial charge in [-0.3, -0.25) is 25.2 Å². The number of aromatic nitrogens is 3. The standard InChI is InChI=1S/C12H7N5O5/c18-10(8-1-2-9(21-8)17(19)20)14-12-16-15-11(22-12)7-3-5-13-6-4-7/h1-6H,(H,14,16,18). The zero-order valence-electron chi connectivity index (χ0n) is 10.8. The molecule has 0 saturated heterocycles. The highest BCUT2D eigenvalue weighted by Gasteiger charge is 2.19. The van der Waals surface area contributed by atoms with Gasteiger partial charge < -0.3 is 8.83 Å². The molecule has 3 aromatic rings. The van der Waals surface area contributed by atoms with Crippen LogP contribution in [0, 0.1) is 10.1 Å². The lowest BCUT2D eigenvalue weighted by molar-refractivity contribution is -0.402. The van der Waals surface area contributed by atoms with E-state index in [-0.39, 0.29) is 17.7 Å². The number of furan rings is 1. The first-order valence-corrected chi connectivity index (χ1v) is 5.93. The number of carbonyl (C=O) groups excluding carboxylic acids is 1. The number of nitrogens with zero attached hydrogens (tertiary/aromatic N) is 4. The molecule has 10 nitrogen and oxygen atoms in total. The Labute approximate surface area is 121 Å². The van der Waals surface area contributed by atoms with Crippen LogP contribution in [0.1, 0.15) is 10.6 Å². The molecule has 3 heterocycles. The average molecular weight is 301 g/mol. The van der Waals surface area contributed by atoms with Crippen LogP contribution >= 0.6 is 0 Å². The second-order valence-corrected chi connectivity index (χ2v) is 4.00. The van der Waals surface area contributed by atoms with Gasteiger partial charge in [0.25, 0.3) is 5.91 Å². The summed E-state index contributed by atoms with van der Waals surface area (Å²) in [7, 11) is 0. The number of nitrogens with one attached hydrogen (secondary N) is 1. The summed E-state index contributed by atoms with van der Waals surface area (Å²) >= 11 is 0. The minimum absolute atomic E-state index is 0.157. The van der Waals surface area contributed by atoms with Gasteiger partial charge in [0.1, 0.15) is 4.92 Å². The van der Waals surface area contributed by atoms with Crippen LogP contribution in [-0.2, 0) is 0 Å². The van der Waals surface area contributed by atoms with Gasteiger partial charge in [-0.25, -0.2) is 0 Å². The normalized spacial score (nSPS) is 10.4. The third kappa shape index (κ3) is 2.65. The minimum atomic E-state index is -0.745. The number of amides is 1. The average Bonchev–Trinajstić information content (AvgIpc) is 3.17. The summed E-state index contributed by atoms with van der Waals surface area (Å²) in [4.78, 5) is 25.4. The van der Waals surface area contributed by atoms with Crippen LogP contribution < -0.4 is 5.32 Å². The van der Waals surface area contributed by atoms with E-state index in [2.05, 4.69) is 20.5 Å². The Balaban J connectivity index is 1.74. The van der Waals surface area contributed by atoms with E-state index in [0.29, 0.717) is 5.56 Å². The maximum Gasteiger partial charge on any atom is 0.433 e. The second kappa shape index (κ2) is 5.44. The van der Waals surface area contributed by atoms with E-state index in [4.69, 9.17) is 8.83 Å². The number of anilines is 1. The lowest BCUT2D eigenvalue weighted by Gasteiger charge is -1.95. The van der Waals surface area contributed by atoms with Crippen molar-refractivity contribution in [1.29, 1.82) is 0 Å². The van der Waals surface area contributed by atoms with E-state index in [1.165, 1.54) is 6.07 Å². The first kappa shape index (κ1) is 13.4. The van der Waals surface area contributed by atoms with Crippen LogP contribution in [0.2, 0.25) is 0 Å². The van der Waals surface area contributed by atoms with Crippen LogP contribution in [0.4, 0.5) is 11.9 Å². The molecule has 0 unspecified atom stereocenters. The van der Waals surface area contributed by atoms with Crippen molar-refractivity contribution in [3.05, 3.63) is 52.5 Å². The van der Waals surface area contributed by atoms with Crippen LogP contribution in [0.25, 0.3) is 11.5 Å². The Kier molecular flexibility index (Phi) is 3.32. The Morgan fingerprint density at radius 2 is 1.91 bits per heavy atom. The first-order valence-electron chi connectivity index (χ1n) is 5.93. The third-order valence-electron chi connectivity index (χ3n) is 2.57. The summed E-state index contributed by atoms with van der Waals surface area (Å²) < 4.78 is 10.0. The van der Waals surface area contributed by atoms with Gasteiger partial charge in [0.2, 0.25) is 5.89 Å². The van der Waals surface area contributed by atoms with Crippen molar-refractivity contribution in [2.45, 2.75) is 0 Å². The van der Waals surface area contributed by atoms with E-state index in [1.54, 1.807) is 24.5 Å². The molecule has 0 fully saturated rings. The molecule has 22 heavy (non-hydrogen) atoms. The molecule has 0 aromatic carbocycles. The van der Waals surface area contributed by atoms with Crippen molar-refractivity contribution in [3.8, 4) is 11.5 Å². The molecule has 0 aliphatic carbocycles. The molecule has 0 aliphatic rings. The van der Waals surface area contributed by atoms with Gasteiger partial charge >= 0.3 is 11.9 Å². The lowest BCUT2D eigenvalue weighted by atomic mass is 10.3. The maximum absolute atomic E-state index is 11.8. The van der Waals surface area contributed by atoms with Crippen LogP contribution in [0.15, 0.2) is 45.5 Å². The fraction of sp³-hybridized carbons (Fsp3) is 0. The number of rotatable bonds is 4. The van der Waals surface area contributed by atoms with Crippen molar-refractivity contribution in [1.82, 2.24) is 15.2 Å². The molecule has 3 rings (SSSR count). The number of hydrogen-bond donors (Lipinski definition) is 1. The molecule has 0 spiro atoms. The fourth-order valence-electron chi connectivity index (χ4n) is 1.59. The number of pyridine rings is 1. The summed E-state index contributed by atoms with van der Waals surface area (Å²) in [5, 5.41) is 20.2. The molecule has 0 aliphatic heterocycles. The predicted molar refractivity (Wildman–Crippen MR) is 70.8 cm³/mol. The largest absolute Gasteiger partial charge is 0.433 e. The maximum atomic E-state index is 11.8. The van der Waals surface area contributed by atoms with Crippen molar-refractivity contribution < 1.29 is 18.6 Å².